The second-order valence-electron chi connectivity index (χ2n) is 6.72. The van der Waals surface area contributed by atoms with E-state index >= 15 is 0 Å². The Morgan fingerprint density at radius 3 is 2.45 bits per heavy atom. The van der Waals surface area contributed by atoms with Crippen molar-refractivity contribution < 1.29 is 19.6 Å². The van der Waals surface area contributed by atoms with E-state index in [0.717, 1.165) is 9.37 Å². The van der Waals surface area contributed by atoms with Gasteiger partial charge in [0.15, 0.2) is 0 Å². The molecule has 2 heterocycles. The lowest BCUT2D eigenvalue weighted by atomic mass is 9.95. The number of hydrogen-bond donors (Lipinski definition) is 1. The van der Waals surface area contributed by atoms with Gasteiger partial charge in [-0.2, -0.15) is 0 Å². The number of Topliss-reactive ketones (excluding diaryl/α,β-unsaturated/α-hetero) is 1. The van der Waals surface area contributed by atoms with Gasteiger partial charge < -0.3 is 5.11 Å². The Balaban J connectivity index is 1.96. The van der Waals surface area contributed by atoms with Gasteiger partial charge in [0.05, 0.1) is 16.5 Å². The first-order chi connectivity index (χ1) is 14.9. The Bertz CT molecular complexity index is 1230. The molecule has 1 amide bonds. The zero-order chi connectivity index (χ0) is 22.1. The summed E-state index contributed by atoms with van der Waals surface area (Å²) in [5, 5.41) is 22.3. The zero-order valence-electron chi connectivity index (χ0n) is 15.8. The number of halogens is 1. The molecule has 4 rings (SSSR count). The maximum atomic E-state index is 13.0. The summed E-state index contributed by atoms with van der Waals surface area (Å²) < 4.78 is 0.772. The van der Waals surface area contributed by atoms with Gasteiger partial charge in [0.2, 0.25) is 0 Å². The highest BCUT2D eigenvalue weighted by Gasteiger charge is 2.47. The van der Waals surface area contributed by atoms with Gasteiger partial charge in [0.1, 0.15) is 11.6 Å². The van der Waals surface area contributed by atoms with Crippen molar-refractivity contribution in [2.75, 3.05) is 4.90 Å². The van der Waals surface area contributed by atoms with Crippen molar-refractivity contribution in [1.29, 1.82) is 0 Å². The SMILES string of the molecule is O=C1C(=O)N(c2ccccn2)C(c2cccc([N+](=O)[O-])c2)/C1=C(\O)c1ccc(Br)cc1. The number of pyridine rings is 1. The Kier molecular flexibility index (Phi) is 5.35. The largest absolute Gasteiger partial charge is 0.507 e. The van der Waals surface area contributed by atoms with Crippen molar-refractivity contribution in [3.8, 4) is 0 Å². The van der Waals surface area contributed by atoms with Crippen molar-refractivity contribution in [2.24, 2.45) is 0 Å². The minimum Gasteiger partial charge on any atom is -0.507 e. The summed E-state index contributed by atoms with van der Waals surface area (Å²) in [6.45, 7) is 0. The third-order valence-corrected chi connectivity index (χ3v) is 5.38. The molecule has 0 aliphatic carbocycles. The number of nitro benzene ring substituents is 1. The van der Waals surface area contributed by atoms with Crippen LogP contribution in [-0.2, 0) is 9.59 Å². The number of carbonyl (C=O) groups is 2. The monoisotopic (exact) mass is 479 g/mol. The lowest BCUT2D eigenvalue weighted by molar-refractivity contribution is -0.384. The molecule has 9 heteroatoms. The fraction of sp³-hybridized carbons (Fsp3) is 0.0455. The topological polar surface area (TPSA) is 114 Å². The highest BCUT2D eigenvalue weighted by Crippen LogP contribution is 2.42. The summed E-state index contributed by atoms with van der Waals surface area (Å²) in [6.07, 6.45) is 1.47. The maximum Gasteiger partial charge on any atom is 0.301 e. The maximum absolute atomic E-state index is 13.0. The second kappa shape index (κ2) is 8.11. The molecule has 154 valence electrons. The Labute approximate surface area is 184 Å². The van der Waals surface area contributed by atoms with E-state index in [1.54, 1.807) is 48.5 Å². The molecule has 1 atom stereocenters. The van der Waals surface area contributed by atoms with Gasteiger partial charge in [0.25, 0.3) is 11.5 Å². The first-order valence-corrected chi connectivity index (χ1v) is 9.90. The van der Waals surface area contributed by atoms with Gasteiger partial charge >= 0.3 is 5.91 Å². The van der Waals surface area contributed by atoms with Gasteiger partial charge in [0, 0.05) is 28.4 Å². The molecule has 0 radical (unpaired) electrons. The fourth-order valence-electron chi connectivity index (χ4n) is 3.45. The third-order valence-electron chi connectivity index (χ3n) is 4.85. The molecule has 3 aromatic rings. The number of benzene rings is 2. The summed E-state index contributed by atoms with van der Waals surface area (Å²) in [5.41, 5.74) is 0.265. The summed E-state index contributed by atoms with van der Waals surface area (Å²) in [6, 6.07) is 16.0. The number of amides is 1. The molecule has 1 N–H and O–H groups in total. The number of carbonyl (C=O) groups excluding carboxylic acids is 2. The number of aliphatic hydroxyl groups excluding tert-OH is 1. The standard InChI is InChI=1S/C22H14BrN3O5/c23-15-9-7-13(8-10-15)20(27)18-19(14-4-3-5-16(12-14)26(30)31)25(22(29)21(18)28)17-6-1-2-11-24-17/h1-12,19,27H/b20-18+. The van der Waals surface area contributed by atoms with E-state index in [1.807, 2.05) is 0 Å². The quantitative estimate of drug-likeness (QED) is 0.195. The number of nitro groups is 1. The normalized spacial score (nSPS) is 17.7. The summed E-state index contributed by atoms with van der Waals surface area (Å²) >= 11 is 3.31. The van der Waals surface area contributed by atoms with Crippen LogP contribution in [-0.4, -0.2) is 26.7 Å². The first kappa shape index (κ1) is 20.4. The molecule has 1 saturated heterocycles. The molecule has 1 aromatic heterocycles. The summed E-state index contributed by atoms with van der Waals surface area (Å²) in [7, 11) is 0. The van der Waals surface area contributed by atoms with Crippen molar-refractivity contribution in [1.82, 2.24) is 4.98 Å². The number of ketones is 1. The highest BCUT2D eigenvalue weighted by molar-refractivity contribution is 9.10. The molecule has 1 fully saturated rings. The minimum atomic E-state index is -1.08. The lowest BCUT2D eigenvalue weighted by Crippen LogP contribution is -2.30. The van der Waals surface area contributed by atoms with Crippen LogP contribution in [0.1, 0.15) is 17.2 Å². The van der Waals surface area contributed by atoms with Crippen LogP contribution in [0.3, 0.4) is 0 Å². The number of anilines is 1. The molecule has 31 heavy (non-hydrogen) atoms. The Hall–Kier alpha value is -3.85. The zero-order valence-corrected chi connectivity index (χ0v) is 17.4. The molecule has 1 aliphatic heterocycles. The number of non-ortho nitro benzene ring substituents is 1. The molecule has 0 spiro atoms. The number of aromatic nitrogens is 1. The summed E-state index contributed by atoms with van der Waals surface area (Å²) in [4.78, 5) is 42.0. The van der Waals surface area contributed by atoms with E-state index in [-0.39, 0.29) is 22.8 Å². The highest BCUT2D eigenvalue weighted by atomic mass is 79.9. The lowest BCUT2D eigenvalue weighted by Gasteiger charge is -2.24. The number of rotatable bonds is 4. The molecular formula is C22H14BrN3O5. The number of aliphatic hydroxyl groups is 1. The van der Waals surface area contributed by atoms with Crippen LogP contribution >= 0.6 is 15.9 Å². The van der Waals surface area contributed by atoms with Crippen molar-refractivity contribution in [3.05, 3.63) is 104 Å². The molecule has 8 nitrogen and oxygen atoms in total. The minimum absolute atomic E-state index is 0.168. The van der Waals surface area contributed by atoms with Crippen LogP contribution < -0.4 is 4.90 Å². The molecule has 0 saturated carbocycles. The van der Waals surface area contributed by atoms with Crippen molar-refractivity contribution in [3.63, 3.8) is 0 Å². The Morgan fingerprint density at radius 1 is 1.06 bits per heavy atom. The molecule has 2 aromatic carbocycles. The second-order valence-corrected chi connectivity index (χ2v) is 7.63. The van der Waals surface area contributed by atoms with Crippen LogP contribution in [0.4, 0.5) is 11.5 Å². The van der Waals surface area contributed by atoms with Crippen LogP contribution in [0.15, 0.2) is 83.0 Å². The van der Waals surface area contributed by atoms with E-state index in [1.165, 1.54) is 24.4 Å². The van der Waals surface area contributed by atoms with E-state index in [9.17, 15) is 24.8 Å². The molecule has 1 aliphatic rings. The Morgan fingerprint density at radius 2 is 1.81 bits per heavy atom. The molecule has 1 unspecified atom stereocenters. The van der Waals surface area contributed by atoms with Crippen LogP contribution in [0.2, 0.25) is 0 Å². The van der Waals surface area contributed by atoms with E-state index < -0.39 is 22.7 Å². The molecular weight excluding hydrogens is 466 g/mol. The van der Waals surface area contributed by atoms with Crippen LogP contribution in [0.5, 0.6) is 0 Å². The van der Waals surface area contributed by atoms with Crippen LogP contribution in [0.25, 0.3) is 5.76 Å². The smallest absolute Gasteiger partial charge is 0.301 e. The third kappa shape index (κ3) is 3.71. The average Bonchev–Trinajstić information content (AvgIpc) is 3.05. The van der Waals surface area contributed by atoms with Gasteiger partial charge in [-0.25, -0.2) is 4.98 Å². The van der Waals surface area contributed by atoms with Gasteiger partial charge in [-0.15, -0.1) is 0 Å². The fourth-order valence-corrected chi connectivity index (χ4v) is 3.72. The predicted molar refractivity (Wildman–Crippen MR) is 116 cm³/mol. The average molecular weight is 480 g/mol. The molecule has 0 bridgehead atoms. The van der Waals surface area contributed by atoms with Crippen molar-refractivity contribution in [2.45, 2.75) is 6.04 Å². The first-order valence-electron chi connectivity index (χ1n) is 9.11. The number of hydrogen-bond acceptors (Lipinski definition) is 6. The van der Waals surface area contributed by atoms with Crippen LogP contribution in [0, 0.1) is 10.1 Å². The number of nitrogens with zero attached hydrogens (tertiary/aromatic N) is 3. The van der Waals surface area contributed by atoms with E-state index in [0.29, 0.717) is 11.1 Å². The predicted octanol–water partition coefficient (Wildman–Crippen LogP) is 4.38. The van der Waals surface area contributed by atoms with E-state index in [4.69, 9.17) is 0 Å². The van der Waals surface area contributed by atoms with Gasteiger partial charge in [-0.1, -0.05) is 46.3 Å². The van der Waals surface area contributed by atoms with E-state index in [2.05, 4.69) is 20.9 Å². The van der Waals surface area contributed by atoms with Gasteiger partial charge in [-0.3, -0.25) is 24.6 Å². The summed E-state index contributed by atoms with van der Waals surface area (Å²) in [5.74, 6) is -1.96. The van der Waals surface area contributed by atoms with Crippen molar-refractivity contribution >= 4 is 44.9 Å². The van der Waals surface area contributed by atoms with Gasteiger partial charge in [-0.05, 0) is 29.8 Å².